The third-order valence-corrected chi connectivity index (χ3v) is 5.19. The number of sulfonamides is 1. The van der Waals surface area contributed by atoms with Gasteiger partial charge in [0.1, 0.15) is 0 Å². The summed E-state index contributed by atoms with van der Waals surface area (Å²) in [7, 11) is -3.35. The van der Waals surface area contributed by atoms with Crippen molar-refractivity contribution in [3.8, 4) is 0 Å². The van der Waals surface area contributed by atoms with Crippen molar-refractivity contribution >= 4 is 21.6 Å². The maximum atomic E-state index is 12.3. The third-order valence-electron chi connectivity index (χ3n) is 2.80. The first-order valence-corrected chi connectivity index (χ1v) is 7.09. The summed E-state index contributed by atoms with van der Waals surface area (Å²) in [5, 5.41) is -0.0567. The lowest BCUT2D eigenvalue weighted by Crippen LogP contribution is -2.29. The van der Waals surface area contributed by atoms with Gasteiger partial charge in [0, 0.05) is 18.5 Å². The van der Waals surface area contributed by atoms with E-state index in [-0.39, 0.29) is 5.38 Å². The van der Waals surface area contributed by atoms with E-state index in [1.54, 1.807) is 25.1 Å². The van der Waals surface area contributed by atoms with E-state index in [9.17, 15) is 8.42 Å². The van der Waals surface area contributed by atoms with Crippen LogP contribution in [-0.2, 0) is 10.0 Å². The molecule has 1 aromatic rings. The van der Waals surface area contributed by atoms with E-state index in [1.165, 1.54) is 4.31 Å². The highest BCUT2D eigenvalue weighted by molar-refractivity contribution is 7.89. The van der Waals surface area contributed by atoms with Gasteiger partial charge in [0.25, 0.3) is 0 Å². The third kappa shape index (κ3) is 2.10. The van der Waals surface area contributed by atoms with E-state index in [1.807, 2.05) is 6.07 Å². The highest BCUT2D eigenvalue weighted by atomic mass is 35.5. The van der Waals surface area contributed by atoms with Gasteiger partial charge in [-0.3, -0.25) is 0 Å². The van der Waals surface area contributed by atoms with Gasteiger partial charge in [-0.25, -0.2) is 8.42 Å². The predicted octanol–water partition coefficient (Wildman–Crippen LogP) is 2.00. The quantitative estimate of drug-likeness (QED) is 0.762. The van der Waals surface area contributed by atoms with Crippen LogP contribution in [0.1, 0.15) is 12.0 Å². The fourth-order valence-corrected chi connectivity index (χ4v) is 3.96. The molecule has 1 fully saturated rings. The Morgan fingerprint density at radius 2 is 2.06 bits per heavy atom. The van der Waals surface area contributed by atoms with Gasteiger partial charge in [-0.15, -0.1) is 11.6 Å². The first kappa shape index (κ1) is 11.9. The largest absolute Gasteiger partial charge is 0.243 e. The molecule has 1 unspecified atom stereocenters. The Kier molecular flexibility index (Phi) is 3.24. The molecule has 1 aromatic carbocycles. The van der Waals surface area contributed by atoms with Gasteiger partial charge < -0.3 is 0 Å². The minimum Gasteiger partial charge on any atom is -0.207 e. The second kappa shape index (κ2) is 4.35. The summed E-state index contributed by atoms with van der Waals surface area (Å²) in [5.41, 5.74) is 0.778. The molecule has 0 saturated carbocycles. The molecule has 0 N–H and O–H groups in total. The minimum atomic E-state index is -3.35. The van der Waals surface area contributed by atoms with Crippen molar-refractivity contribution in [3.63, 3.8) is 0 Å². The topological polar surface area (TPSA) is 37.4 Å². The average molecular weight is 260 g/mol. The molecule has 0 aromatic heterocycles. The SMILES string of the molecule is Cc1ccccc1S(=O)(=O)N1CCC(Cl)C1. The van der Waals surface area contributed by atoms with Crippen molar-refractivity contribution in [2.24, 2.45) is 0 Å². The van der Waals surface area contributed by atoms with Gasteiger partial charge in [0.05, 0.1) is 4.90 Å². The molecule has 1 heterocycles. The summed E-state index contributed by atoms with van der Waals surface area (Å²) in [6, 6.07) is 7.03. The molecule has 1 saturated heterocycles. The molecule has 0 bridgehead atoms. The lowest BCUT2D eigenvalue weighted by atomic mass is 10.2. The van der Waals surface area contributed by atoms with Crippen molar-refractivity contribution in [1.29, 1.82) is 0 Å². The number of benzene rings is 1. The average Bonchev–Trinajstić information content (AvgIpc) is 2.66. The Bertz CT molecular complexity index is 487. The maximum Gasteiger partial charge on any atom is 0.243 e. The summed E-state index contributed by atoms with van der Waals surface area (Å²) < 4.78 is 26.0. The molecule has 1 aliphatic heterocycles. The van der Waals surface area contributed by atoms with Crippen molar-refractivity contribution in [1.82, 2.24) is 4.31 Å². The Hall–Kier alpha value is -0.580. The maximum absolute atomic E-state index is 12.3. The first-order chi connectivity index (χ1) is 7.51. The van der Waals surface area contributed by atoms with E-state index in [2.05, 4.69) is 0 Å². The van der Waals surface area contributed by atoms with Gasteiger partial charge in [0.2, 0.25) is 10.0 Å². The van der Waals surface area contributed by atoms with Crippen molar-refractivity contribution in [2.45, 2.75) is 23.6 Å². The Morgan fingerprint density at radius 3 is 2.62 bits per heavy atom. The summed E-state index contributed by atoms with van der Waals surface area (Å²) in [6.45, 7) is 2.74. The summed E-state index contributed by atoms with van der Waals surface area (Å²) in [5.74, 6) is 0. The molecule has 16 heavy (non-hydrogen) atoms. The smallest absolute Gasteiger partial charge is 0.207 e. The highest BCUT2D eigenvalue weighted by Gasteiger charge is 2.32. The Balaban J connectivity index is 2.36. The standard InChI is InChI=1S/C11H14ClNO2S/c1-9-4-2-3-5-11(9)16(14,15)13-7-6-10(12)8-13/h2-5,10H,6-8H2,1H3. The van der Waals surface area contributed by atoms with Crippen LogP contribution >= 0.6 is 11.6 Å². The van der Waals surface area contributed by atoms with E-state index < -0.39 is 10.0 Å². The van der Waals surface area contributed by atoms with E-state index in [0.717, 1.165) is 12.0 Å². The van der Waals surface area contributed by atoms with Crippen molar-refractivity contribution in [3.05, 3.63) is 29.8 Å². The van der Waals surface area contributed by atoms with Gasteiger partial charge in [-0.05, 0) is 25.0 Å². The van der Waals surface area contributed by atoms with Crippen LogP contribution in [0.4, 0.5) is 0 Å². The minimum absolute atomic E-state index is 0.0567. The van der Waals surface area contributed by atoms with E-state index in [0.29, 0.717) is 18.0 Å². The molecule has 0 spiro atoms. The molecule has 1 aliphatic rings. The van der Waals surface area contributed by atoms with Crippen LogP contribution in [0.2, 0.25) is 0 Å². The molecule has 3 nitrogen and oxygen atoms in total. The molecule has 2 rings (SSSR count). The monoisotopic (exact) mass is 259 g/mol. The normalized spacial score (nSPS) is 22.5. The van der Waals surface area contributed by atoms with Crippen LogP contribution in [0.15, 0.2) is 29.2 Å². The van der Waals surface area contributed by atoms with Crippen LogP contribution < -0.4 is 0 Å². The number of alkyl halides is 1. The molecule has 0 amide bonds. The molecular formula is C11H14ClNO2S. The van der Waals surface area contributed by atoms with Crippen LogP contribution in [0.3, 0.4) is 0 Å². The molecule has 88 valence electrons. The summed E-state index contributed by atoms with van der Waals surface area (Å²) in [4.78, 5) is 0.390. The predicted molar refractivity (Wildman–Crippen MR) is 64.2 cm³/mol. The summed E-state index contributed by atoms with van der Waals surface area (Å²) in [6.07, 6.45) is 0.729. The molecule has 1 atom stereocenters. The zero-order chi connectivity index (χ0) is 11.8. The Labute approximate surface area is 101 Å². The Morgan fingerprint density at radius 1 is 1.38 bits per heavy atom. The van der Waals surface area contributed by atoms with Gasteiger partial charge in [0.15, 0.2) is 0 Å². The highest BCUT2D eigenvalue weighted by Crippen LogP contribution is 2.25. The van der Waals surface area contributed by atoms with E-state index in [4.69, 9.17) is 11.6 Å². The van der Waals surface area contributed by atoms with Crippen LogP contribution in [0, 0.1) is 6.92 Å². The van der Waals surface area contributed by atoms with Crippen molar-refractivity contribution < 1.29 is 8.42 Å². The zero-order valence-electron chi connectivity index (χ0n) is 9.06. The lowest BCUT2D eigenvalue weighted by molar-refractivity contribution is 0.477. The number of halogens is 1. The number of hydrogen-bond donors (Lipinski definition) is 0. The second-order valence-corrected chi connectivity index (χ2v) is 6.54. The summed E-state index contributed by atoms with van der Waals surface area (Å²) >= 11 is 5.93. The number of rotatable bonds is 2. The second-order valence-electron chi connectivity index (χ2n) is 4.01. The first-order valence-electron chi connectivity index (χ1n) is 5.21. The van der Waals surface area contributed by atoms with E-state index >= 15 is 0 Å². The fraction of sp³-hybridized carbons (Fsp3) is 0.455. The van der Waals surface area contributed by atoms with Crippen LogP contribution in [0.5, 0.6) is 0 Å². The molecule has 5 heteroatoms. The lowest BCUT2D eigenvalue weighted by Gasteiger charge is -2.17. The van der Waals surface area contributed by atoms with Gasteiger partial charge in [-0.1, -0.05) is 18.2 Å². The number of hydrogen-bond acceptors (Lipinski definition) is 2. The molecular weight excluding hydrogens is 246 g/mol. The van der Waals surface area contributed by atoms with Crippen LogP contribution in [-0.4, -0.2) is 31.2 Å². The van der Waals surface area contributed by atoms with Crippen LogP contribution in [0.25, 0.3) is 0 Å². The van der Waals surface area contributed by atoms with Gasteiger partial charge >= 0.3 is 0 Å². The van der Waals surface area contributed by atoms with Crippen molar-refractivity contribution in [2.75, 3.05) is 13.1 Å². The number of aryl methyl sites for hydroxylation is 1. The number of nitrogens with zero attached hydrogens (tertiary/aromatic N) is 1. The molecule has 0 aliphatic carbocycles. The fourth-order valence-electron chi connectivity index (χ4n) is 1.89. The van der Waals surface area contributed by atoms with Gasteiger partial charge in [-0.2, -0.15) is 4.31 Å². The zero-order valence-corrected chi connectivity index (χ0v) is 10.6. The molecule has 0 radical (unpaired) electrons.